The molecule has 0 unspecified atom stereocenters. The molecule has 2 rings (SSSR count). The van der Waals surface area contributed by atoms with Crippen molar-refractivity contribution in [2.24, 2.45) is 0 Å². The molecule has 0 spiro atoms. The fourth-order valence-corrected chi connectivity index (χ4v) is 2.67. The molecule has 1 aromatic carbocycles. The maximum absolute atomic E-state index is 11.7. The SMILES string of the molecule is CC(=O)C(=O)N1CCN(c2ccc(Cl)c(C)c2)[C@H](C)C1. The summed E-state index contributed by atoms with van der Waals surface area (Å²) in [5.74, 6) is -0.781. The Morgan fingerprint density at radius 3 is 2.55 bits per heavy atom. The summed E-state index contributed by atoms with van der Waals surface area (Å²) in [5.41, 5.74) is 2.15. The summed E-state index contributed by atoms with van der Waals surface area (Å²) in [5, 5.41) is 0.756. The van der Waals surface area contributed by atoms with Crippen molar-refractivity contribution in [1.29, 1.82) is 0 Å². The Labute approximate surface area is 124 Å². The van der Waals surface area contributed by atoms with Gasteiger partial charge in [-0.15, -0.1) is 0 Å². The Bertz CT molecular complexity index is 545. The molecule has 0 aliphatic carbocycles. The van der Waals surface area contributed by atoms with E-state index in [1.807, 2.05) is 19.1 Å². The summed E-state index contributed by atoms with van der Waals surface area (Å²) in [6.07, 6.45) is 0. The molecular formula is C15H19ClN2O2. The Morgan fingerprint density at radius 2 is 2.00 bits per heavy atom. The highest BCUT2D eigenvalue weighted by molar-refractivity contribution is 6.35. The van der Waals surface area contributed by atoms with Gasteiger partial charge in [0.25, 0.3) is 5.91 Å². The molecule has 0 N–H and O–H groups in total. The number of piperazine rings is 1. The van der Waals surface area contributed by atoms with Gasteiger partial charge in [0.05, 0.1) is 0 Å². The summed E-state index contributed by atoms with van der Waals surface area (Å²) in [7, 11) is 0. The average Bonchev–Trinajstić information content (AvgIpc) is 2.41. The molecule has 1 amide bonds. The number of Topliss-reactive ketones (excluding diaryl/α,β-unsaturated/α-hetero) is 1. The normalized spacial score (nSPS) is 19.1. The fraction of sp³-hybridized carbons (Fsp3) is 0.467. The third-order valence-electron chi connectivity index (χ3n) is 3.69. The lowest BCUT2D eigenvalue weighted by Gasteiger charge is -2.41. The van der Waals surface area contributed by atoms with Gasteiger partial charge in [0, 0.05) is 43.3 Å². The van der Waals surface area contributed by atoms with Crippen LogP contribution in [0.3, 0.4) is 0 Å². The van der Waals surface area contributed by atoms with Crippen molar-refractivity contribution in [2.75, 3.05) is 24.5 Å². The minimum absolute atomic E-state index is 0.174. The van der Waals surface area contributed by atoms with Crippen molar-refractivity contribution < 1.29 is 9.59 Å². The van der Waals surface area contributed by atoms with Crippen LogP contribution >= 0.6 is 11.6 Å². The third-order valence-corrected chi connectivity index (χ3v) is 4.11. The highest BCUT2D eigenvalue weighted by Crippen LogP contribution is 2.25. The number of aryl methyl sites for hydroxylation is 1. The van der Waals surface area contributed by atoms with Crippen LogP contribution in [0, 0.1) is 6.92 Å². The maximum Gasteiger partial charge on any atom is 0.289 e. The summed E-state index contributed by atoms with van der Waals surface area (Å²) in [6.45, 7) is 7.23. The second-order valence-corrected chi connectivity index (χ2v) is 5.69. The van der Waals surface area contributed by atoms with Crippen LogP contribution in [0.4, 0.5) is 5.69 Å². The van der Waals surface area contributed by atoms with Crippen molar-refractivity contribution in [3.05, 3.63) is 28.8 Å². The Morgan fingerprint density at radius 1 is 1.30 bits per heavy atom. The largest absolute Gasteiger partial charge is 0.365 e. The minimum Gasteiger partial charge on any atom is -0.365 e. The van der Waals surface area contributed by atoms with Gasteiger partial charge >= 0.3 is 0 Å². The van der Waals surface area contributed by atoms with Crippen LogP contribution in [0.15, 0.2) is 18.2 Å². The van der Waals surface area contributed by atoms with E-state index in [-0.39, 0.29) is 11.9 Å². The van der Waals surface area contributed by atoms with E-state index >= 15 is 0 Å². The molecular weight excluding hydrogens is 276 g/mol. The maximum atomic E-state index is 11.7. The van der Waals surface area contributed by atoms with Gasteiger partial charge in [-0.1, -0.05) is 11.6 Å². The first kappa shape index (κ1) is 14.9. The van der Waals surface area contributed by atoms with Gasteiger partial charge in [0.2, 0.25) is 5.78 Å². The van der Waals surface area contributed by atoms with Gasteiger partial charge in [-0.25, -0.2) is 0 Å². The number of rotatable bonds is 2. The number of hydrogen-bond donors (Lipinski definition) is 0. The summed E-state index contributed by atoms with van der Waals surface area (Å²) in [6, 6.07) is 6.12. The molecule has 1 saturated heterocycles. The molecule has 0 radical (unpaired) electrons. The molecule has 0 aromatic heterocycles. The van der Waals surface area contributed by atoms with Crippen molar-refractivity contribution in [3.63, 3.8) is 0 Å². The number of carbonyl (C=O) groups excluding carboxylic acids is 2. The topological polar surface area (TPSA) is 40.6 Å². The van der Waals surface area contributed by atoms with E-state index in [2.05, 4.69) is 17.9 Å². The third kappa shape index (κ3) is 2.96. The number of nitrogens with zero attached hydrogens (tertiary/aromatic N) is 2. The number of anilines is 1. The zero-order valence-electron chi connectivity index (χ0n) is 12.0. The number of amides is 1. The van der Waals surface area contributed by atoms with E-state index in [4.69, 9.17) is 11.6 Å². The smallest absolute Gasteiger partial charge is 0.289 e. The second kappa shape index (κ2) is 5.83. The first-order chi connectivity index (χ1) is 9.40. The minimum atomic E-state index is -0.395. The predicted octanol–water partition coefficient (Wildman–Crippen LogP) is 2.27. The molecule has 1 aromatic rings. The van der Waals surface area contributed by atoms with E-state index in [0.29, 0.717) is 13.1 Å². The van der Waals surface area contributed by atoms with Gasteiger partial charge in [-0.2, -0.15) is 0 Å². The van der Waals surface area contributed by atoms with Crippen LogP contribution in [0.5, 0.6) is 0 Å². The lowest BCUT2D eigenvalue weighted by molar-refractivity contribution is -0.144. The summed E-state index contributed by atoms with van der Waals surface area (Å²) >= 11 is 6.05. The first-order valence-corrected chi connectivity index (χ1v) is 7.10. The molecule has 5 heteroatoms. The molecule has 0 saturated carbocycles. The van der Waals surface area contributed by atoms with Crippen molar-refractivity contribution in [1.82, 2.24) is 4.90 Å². The van der Waals surface area contributed by atoms with Crippen LogP contribution in [-0.2, 0) is 9.59 Å². The lowest BCUT2D eigenvalue weighted by Crippen LogP contribution is -2.54. The molecule has 1 heterocycles. The van der Waals surface area contributed by atoms with Gasteiger partial charge in [0.1, 0.15) is 0 Å². The lowest BCUT2D eigenvalue weighted by atomic mass is 10.1. The summed E-state index contributed by atoms with van der Waals surface area (Å²) < 4.78 is 0. The van der Waals surface area contributed by atoms with E-state index in [9.17, 15) is 9.59 Å². The van der Waals surface area contributed by atoms with Crippen molar-refractivity contribution in [3.8, 4) is 0 Å². The van der Waals surface area contributed by atoms with Crippen LogP contribution in [0.25, 0.3) is 0 Å². The zero-order valence-corrected chi connectivity index (χ0v) is 12.8. The Kier molecular flexibility index (Phi) is 4.33. The highest BCUT2D eigenvalue weighted by atomic mass is 35.5. The molecule has 1 aliphatic rings. The van der Waals surface area contributed by atoms with Gasteiger partial charge in [-0.3, -0.25) is 9.59 Å². The van der Waals surface area contributed by atoms with Crippen LogP contribution in [0.1, 0.15) is 19.4 Å². The van der Waals surface area contributed by atoms with Crippen LogP contribution in [-0.4, -0.2) is 42.3 Å². The predicted molar refractivity (Wildman–Crippen MR) is 80.3 cm³/mol. The average molecular weight is 295 g/mol. The van der Waals surface area contributed by atoms with Crippen molar-refractivity contribution in [2.45, 2.75) is 26.8 Å². The molecule has 1 fully saturated rings. The monoisotopic (exact) mass is 294 g/mol. The highest BCUT2D eigenvalue weighted by Gasteiger charge is 2.28. The van der Waals surface area contributed by atoms with E-state index in [1.54, 1.807) is 4.90 Å². The van der Waals surface area contributed by atoms with E-state index in [0.717, 1.165) is 22.8 Å². The van der Waals surface area contributed by atoms with Crippen LogP contribution < -0.4 is 4.90 Å². The Hall–Kier alpha value is -1.55. The number of ketones is 1. The fourth-order valence-electron chi connectivity index (χ4n) is 2.56. The van der Waals surface area contributed by atoms with E-state index in [1.165, 1.54) is 6.92 Å². The molecule has 0 bridgehead atoms. The number of hydrogen-bond acceptors (Lipinski definition) is 3. The molecule has 1 atom stereocenters. The molecule has 1 aliphatic heterocycles. The number of halogens is 1. The van der Waals surface area contributed by atoms with Gasteiger partial charge < -0.3 is 9.80 Å². The standard InChI is InChI=1S/C15H19ClN2O2/c1-10-8-13(4-5-14(10)16)18-7-6-17(9-11(18)2)15(20)12(3)19/h4-5,8,11H,6-7,9H2,1-3H3/t11-/m1/s1. The first-order valence-electron chi connectivity index (χ1n) is 6.72. The van der Waals surface area contributed by atoms with Crippen molar-refractivity contribution >= 4 is 29.0 Å². The van der Waals surface area contributed by atoms with Crippen LogP contribution in [0.2, 0.25) is 5.02 Å². The molecule has 4 nitrogen and oxygen atoms in total. The van der Waals surface area contributed by atoms with E-state index < -0.39 is 5.78 Å². The zero-order chi connectivity index (χ0) is 14.9. The Balaban J connectivity index is 2.12. The molecule has 108 valence electrons. The summed E-state index contributed by atoms with van der Waals surface area (Å²) in [4.78, 5) is 26.8. The molecule has 20 heavy (non-hydrogen) atoms. The van der Waals surface area contributed by atoms with Gasteiger partial charge in [-0.05, 0) is 37.6 Å². The number of benzene rings is 1. The quantitative estimate of drug-likeness (QED) is 0.786. The second-order valence-electron chi connectivity index (χ2n) is 5.28. The van der Waals surface area contributed by atoms with Gasteiger partial charge in [0.15, 0.2) is 0 Å². The number of carbonyl (C=O) groups is 2.